The van der Waals surface area contributed by atoms with E-state index in [4.69, 9.17) is 0 Å². The first-order valence-electron chi connectivity index (χ1n) is 13.2. The Labute approximate surface area is 234 Å². The molecule has 1 aliphatic rings. The molecule has 204 valence electrons. The average Bonchev–Trinajstić information content (AvgIpc) is 3.02. The topological polar surface area (TPSA) is 95.6 Å². The summed E-state index contributed by atoms with van der Waals surface area (Å²) < 4.78 is 29.4. The highest BCUT2D eigenvalue weighted by Gasteiger charge is 2.58. The number of rotatable bonds is 9. The number of piperazine rings is 1. The van der Waals surface area contributed by atoms with Gasteiger partial charge in [-0.1, -0.05) is 109 Å². The van der Waals surface area contributed by atoms with E-state index in [-0.39, 0.29) is 24.5 Å². The Balaban J connectivity index is 1.66. The van der Waals surface area contributed by atoms with Crippen LogP contribution in [0.1, 0.15) is 22.6 Å². The van der Waals surface area contributed by atoms with Crippen LogP contribution < -0.4 is 10.6 Å². The Bertz CT molecular complexity index is 1510. The number of carbonyl (C=O) groups is 2. The number of hydrogen-bond donors (Lipinski definition) is 2. The third kappa shape index (κ3) is 5.34. The lowest BCUT2D eigenvalue weighted by molar-refractivity contribution is -0.143. The molecular weight excluding hydrogens is 522 g/mol. The fraction of sp³-hybridized carbons (Fsp3) is 0.188. The molecule has 8 heteroatoms. The number of carbonyl (C=O) groups excluding carboxylic acids is 2. The van der Waals surface area contributed by atoms with Crippen LogP contribution in [0.2, 0.25) is 0 Å². The summed E-state index contributed by atoms with van der Waals surface area (Å²) in [4.78, 5) is 29.3. The number of nitrogens with zero attached hydrogens (tertiary/aromatic N) is 1. The first kappa shape index (κ1) is 27.5. The van der Waals surface area contributed by atoms with Gasteiger partial charge in [0.1, 0.15) is 0 Å². The number of hydrogen-bond acceptors (Lipinski definition) is 5. The molecule has 1 unspecified atom stereocenters. The summed E-state index contributed by atoms with van der Waals surface area (Å²) in [6.45, 7) is 0.246. The van der Waals surface area contributed by atoms with Crippen LogP contribution in [0, 0.1) is 0 Å². The normalized spacial score (nSPS) is 17.8. The largest absolute Gasteiger partial charge is 0.350 e. The molecule has 0 aliphatic carbocycles. The quantitative estimate of drug-likeness (QED) is 0.308. The highest BCUT2D eigenvalue weighted by molar-refractivity contribution is 7.89. The third-order valence-corrected chi connectivity index (χ3v) is 9.18. The molecule has 0 saturated carbocycles. The number of ketones is 1. The van der Waals surface area contributed by atoms with E-state index in [0.717, 1.165) is 9.87 Å². The molecule has 0 spiro atoms. The second-order valence-electron chi connectivity index (χ2n) is 9.71. The van der Waals surface area contributed by atoms with E-state index in [1.165, 1.54) is 12.1 Å². The van der Waals surface area contributed by atoms with Gasteiger partial charge in [0.15, 0.2) is 11.3 Å². The Morgan fingerprint density at radius 3 is 1.82 bits per heavy atom. The summed E-state index contributed by atoms with van der Waals surface area (Å²) >= 11 is 0. The lowest BCUT2D eigenvalue weighted by Gasteiger charge is -2.45. The van der Waals surface area contributed by atoms with E-state index in [1.807, 2.05) is 91.0 Å². The molecule has 1 amide bonds. The van der Waals surface area contributed by atoms with Crippen molar-refractivity contribution in [3.8, 4) is 0 Å². The van der Waals surface area contributed by atoms with Crippen LogP contribution in [0.3, 0.4) is 0 Å². The Kier molecular flexibility index (Phi) is 8.21. The number of Topliss-reactive ketones (excluding diaryl/α,β-unsaturated/α-hetero) is 1. The van der Waals surface area contributed by atoms with E-state index >= 15 is 0 Å². The van der Waals surface area contributed by atoms with Gasteiger partial charge in [-0.05, 0) is 28.8 Å². The molecule has 2 N–H and O–H groups in total. The molecule has 0 bridgehead atoms. The van der Waals surface area contributed by atoms with Gasteiger partial charge in [0.2, 0.25) is 10.0 Å². The maximum Gasteiger partial charge on any atom is 0.250 e. The van der Waals surface area contributed by atoms with Crippen molar-refractivity contribution < 1.29 is 18.0 Å². The maximum absolute atomic E-state index is 15.0. The number of sulfonamides is 1. The fourth-order valence-electron chi connectivity index (χ4n) is 5.24. The smallest absolute Gasteiger partial charge is 0.250 e. The molecule has 0 radical (unpaired) electrons. The van der Waals surface area contributed by atoms with Crippen LogP contribution in [0.5, 0.6) is 0 Å². The molecule has 1 heterocycles. The predicted octanol–water partition coefficient (Wildman–Crippen LogP) is 3.74. The maximum atomic E-state index is 15.0. The van der Waals surface area contributed by atoms with Gasteiger partial charge in [-0.3, -0.25) is 9.59 Å². The van der Waals surface area contributed by atoms with Crippen molar-refractivity contribution in [3.63, 3.8) is 0 Å². The van der Waals surface area contributed by atoms with Crippen molar-refractivity contribution in [1.82, 2.24) is 14.9 Å². The van der Waals surface area contributed by atoms with Gasteiger partial charge in [0.25, 0.3) is 5.91 Å². The van der Waals surface area contributed by atoms with Crippen LogP contribution >= 0.6 is 0 Å². The van der Waals surface area contributed by atoms with Crippen LogP contribution in [-0.2, 0) is 26.2 Å². The molecule has 1 aliphatic heterocycles. The highest BCUT2D eigenvalue weighted by atomic mass is 32.2. The van der Waals surface area contributed by atoms with Crippen molar-refractivity contribution in [2.45, 2.75) is 22.9 Å². The van der Waals surface area contributed by atoms with Crippen molar-refractivity contribution in [3.05, 3.63) is 138 Å². The van der Waals surface area contributed by atoms with Gasteiger partial charge in [-0.25, -0.2) is 8.42 Å². The van der Waals surface area contributed by atoms with Crippen molar-refractivity contribution in [2.75, 3.05) is 19.6 Å². The number of nitrogens with one attached hydrogen (secondary N) is 2. The minimum atomic E-state index is -4.23. The SMILES string of the molecule is O=C(NCc1ccccc1)C1(C(=O)C(c2ccccc2)c2ccccc2)CNCCN1S(=O)(=O)c1ccccc1. The molecule has 5 rings (SSSR count). The number of benzene rings is 4. The van der Waals surface area contributed by atoms with Gasteiger partial charge in [-0.2, -0.15) is 4.31 Å². The summed E-state index contributed by atoms with van der Waals surface area (Å²) in [5.74, 6) is -2.05. The number of amides is 1. The van der Waals surface area contributed by atoms with Crippen molar-refractivity contribution >= 4 is 21.7 Å². The lowest BCUT2D eigenvalue weighted by Crippen LogP contribution is -2.73. The zero-order chi connectivity index (χ0) is 28.0. The molecule has 40 heavy (non-hydrogen) atoms. The van der Waals surface area contributed by atoms with Gasteiger partial charge in [0.05, 0.1) is 10.8 Å². The summed E-state index contributed by atoms with van der Waals surface area (Å²) in [7, 11) is -4.23. The third-order valence-electron chi connectivity index (χ3n) is 7.24. The molecule has 1 atom stereocenters. The van der Waals surface area contributed by atoms with Gasteiger partial charge >= 0.3 is 0 Å². The Morgan fingerprint density at radius 2 is 1.27 bits per heavy atom. The Hall–Kier alpha value is -4.11. The first-order chi connectivity index (χ1) is 19.4. The van der Waals surface area contributed by atoms with Crippen LogP contribution in [0.15, 0.2) is 126 Å². The minimum Gasteiger partial charge on any atom is -0.350 e. The zero-order valence-corrected chi connectivity index (χ0v) is 22.8. The van der Waals surface area contributed by atoms with Gasteiger partial charge in [0, 0.05) is 26.2 Å². The molecule has 4 aromatic rings. The van der Waals surface area contributed by atoms with Gasteiger partial charge in [-0.15, -0.1) is 0 Å². The Morgan fingerprint density at radius 1 is 0.775 bits per heavy atom. The second-order valence-corrected chi connectivity index (χ2v) is 11.6. The molecule has 1 saturated heterocycles. The van der Waals surface area contributed by atoms with E-state index < -0.39 is 33.2 Å². The van der Waals surface area contributed by atoms with E-state index in [1.54, 1.807) is 18.2 Å². The molecule has 7 nitrogen and oxygen atoms in total. The van der Waals surface area contributed by atoms with Crippen LogP contribution in [-0.4, -0.2) is 49.6 Å². The highest BCUT2D eigenvalue weighted by Crippen LogP contribution is 2.36. The summed E-state index contributed by atoms with van der Waals surface area (Å²) in [6.07, 6.45) is 0. The molecule has 4 aromatic carbocycles. The fourth-order valence-corrected chi connectivity index (χ4v) is 6.97. The minimum absolute atomic E-state index is 0.0286. The monoisotopic (exact) mass is 553 g/mol. The van der Waals surface area contributed by atoms with Crippen molar-refractivity contribution in [1.29, 1.82) is 0 Å². The van der Waals surface area contributed by atoms with E-state index in [2.05, 4.69) is 10.6 Å². The van der Waals surface area contributed by atoms with Gasteiger partial charge < -0.3 is 10.6 Å². The second kappa shape index (κ2) is 12.0. The first-order valence-corrected chi connectivity index (χ1v) is 14.6. The summed E-state index contributed by atoms with van der Waals surface area (Å²) in [5, 5.41) is 6.06. The predicted molar refractivity (Wildman–Crippen MR) is 154 cm³/mol. The van der Waals surface area contributed by atoms with Crippen LogP contribution in [0.4, 0.5) is 0 Å². The van der Waals surface area contributed by atoms with E-state index in [0.29, 0.717) is 17.7 Å². The standard InChI is InChI=1S/C32H31N3O4S/c36-30(29(26-15-7-2-8-16-26)27-17-9-3-10-18-27)32(31(37)34-23-25-13-5-1-6-14-25)24-33-21-22-35(32)40(38,39)28-19-11-4-12-20-28/h1-20,29,33H,21-24H2,(H,34,37). The zero-order valence-electron chi connectivity index (χ0n) is 21.9. The van der Waals surface area contributed by atoms with E-state index in [9.17, 15) is 18.0 Å². The van der Waals surface area contributed by atoms with Crippen LogP contribution in [0.25, 0.3) is 0 Å². The summed E-state index contributed by atoms with van der Waals surface area (Å²) in [5.41, 5.74) is 0.147. The molecule has 0 aromatic heterocycles. The molecule has 1 fully saturated rings. The molecular formula is C32H31N3O4S. The lowest BCUT2D eigenvalue weighted by atomic mass is 9.77. The average molecular weight is 554 g/mol. The summed E-state index contributed by atoms with van der Waals surface area (Å²) in [6, 6.07) is 35.6. The van der Waals surface area contributed by atoms with Crippen molar-refractivity contribution in [2.24, 2.45) is 0 Å².